The standard InChI is InChI=1S/C18H19F3N2O3S/c1-4-11(2)23(3)27(25,26)13-6-8-15(19)14(10-13)18(24)22-12-5-7-16(20)17(21)9-12/h5-11H,4H2,1-3H3,(H,22,24). The molecule has 5 nitrogen and oxygen atoms in total. The second-order valence-electron chi connectivity index (χ2n) is 6.00. The highest BCUT2D eigenvalue weighted by atomic mass is 32.2. The SMILES string of the molecule is CCC(C)N(C)S(=O)(=O)c1ccc(F)c(C(=O)Nc2ccc(F)c(F)c2)c1. The molecule has 27 heavy (non-hydrogen) atoms. The Morgan fingerprint density at radius 2 is 1.70 bits per heavy atom. The molecule has 0 aliphatic carbocycles. The zero-order valence-electron chi connectivity index (χ0n) is 15.0. The van der Waals surface area contributed by atoms with Crippen molar-refractivity contribution in [3.8, 4) is 0 Å². The van der Waals surface area contributed by atoms with Crippen LogP contribution in [-0.2, 0) is 10.0 Å². The summed E-state index contributed by atoms with van der Waals surface area (Å²) in [5.41, 5.74) is -0.623. The molecule has 0 saturated heterocycles. The lowest BCUT2D eigenvalue weighted by Crippen LogP contribution is -2.34. The molecular weight excluding hydrogens is 381 g/mol. The molecule has 0 bridgehead atoms. The van der Waals surface area contributed by atoms with Gasteiger partial charge in [-0.25, -0.2) is 21.6 Å². The summed E-state index contributed by atoms with van der Waals surface area (Å²) in [6.07, 6.45) is 0.570. The summed E-state index contributed by atoms with van der Waals surface area (Å²) in [6, 6.07) is 5.21. The smallest absolute Gasteiger partial charge is 0.258 e. The van der Waals surface area contributed by atoms with E-state index in [0.29, 0.717) is 6.42 Å². The highest BCUT2D eigenvalue weighted by Gasteiger charge is 2.26. The Morgan fingerprint density at radius 3 is 2.30 bits per heavy atom. The van der Waals surface area contributed by atoms with Crippen LogP contribution in [0.25, 0.3) is 0 Å². The molecule has 0 fully saturated rings. The van der Waals surface area contributed by atoms with Gasteiger partial charge in [0.15, 0.2) is 11.6 Å². The summed E-state index contributed by atoms with van der Waals surface area (Å²) in [5.74, 6) is -4.21. The number of hydrogen-bond donors (Lipinski definition) is 1. The van der Waals surface area contributed by atoms with Crippen LogP contribution in [0.1, 0.15) is 30.6 Å². The maximum Gasteiger partial charge on any atom is 0.258 e. The number of nitrogens with one attached hydrogen (secondary N) is 1. The molecule has 146 valence electrons. The van der Waals surface area contributed by atoms with Crippen molar-refractivity contribution in [2.24, 2.45) is 0 Å². The molecule has 0 aromatic heterocycles. The third-order valence-corrected chi connectivity index (χ3v) is 6.22. The number of halogens is 3. The lowest BCUT2D eigenvalue weighted by Gasteiger charge is -2.23. The fourth-order valence-corrected chi connectivity index (χ4v) is 3.73. The normalized spacial score (nSPS) is 12.9. The first-order chi connectivity index (χ1) is 12.6. The minimum absolute atomic E-state index is 0.0942. The van der Waals surface area contributed by atoms with Gasteiger partial charge in [-0.15, -0.1) is 0 Å². The highest BCUT2D eigenvalue weighted by Crippen LogP contribution is 2.22. The van der Waals surface area contributed by atoms with Gasteiger partial charge in [0.2, 0.25) is 10.0 Å². The molecule has 0 saturated carbocycles. The molecule has 0 spiro atoms. The van der Waals surface area contributed by atoms with E-state index in [1.165, 1.54) is 7.05 Å². The monoisotopic (exact) mass is 400 g/mol. The number of anilines is 1. The van der Waals surface area contributed by atoms with Gasteiger partial charge in [0.1, 0.15) is 5.82 Å². The van der Waals surface area contributed by atoms with Crippen molar-refractivity contribution in [1.29, 1.82) is 0 Å². The third-order valence-electron chi connectivity index (χ3n) is 4.25. The summed E-state index contributed by atoms with van der Waals surface area (Å²) in [6.45, 7) is 3.54. The molecule has 9 heteroatoms. The number of amides is 1. The van der Waals surface area contributed by atoms with Gasteiger partial charge in [-0.1, -0.05) is 6.92 Å². The van der Waals surface area contributed by atoms with Gasteiger partial charge in [-0.2, -0.15) is 4.31 Å². The quantitative estimate of drug-likeness (QED) is 0.803. The Morgan fingerprint density at radius 1 is 1.07 bits per heavy atom. The Kier molecular flexibility index (Phi) is 6.27. The maximum absolute atomic E-state index is 14.1. The van der Waals surface area contributed by atoms with Gasteiger partial charge >= 0.3 is 0 Å². The van der Waals surface area contributed by atoms with E-state index < -0.39 is 38.9 Å². The van der Waals surface area contributed by atoms with E-state index >= 15 is 0 Å². The largest absolute Gasteiger partial charge is 0.322 e. The Labute approximate surface area is 155 Å². The van der Waals surface area contributed by atoms with Crippen LogP contribution in [0.5, 0.6) is 0 Å². The topological polar surface area (TPSA) is 66.5 Å². The first-order valence-corrected chi connectivity index (χ1v) is 9.56. The molecule has 2 aromatic rings. The number of rotatable bonds is 6. The summed E-state index contributed by atoms with van der Waals surface area (Å²) in [5, 5.41) is 2.21. The van der Waals surface area contributed by atoms with E-state index in [9.17, 15) is 26.4 Å². The van der Waals surface area contributed by atoms with Crippen LogP contribution in [0.15, 0.2) is 41.3 Å². The van der Waals surface area contributed by atoms with Crippen molar-refractivity contribution in [3.63, 3.8) is 0 Å². The number of benzene rings is 2. The van der Waals surface area contributed by atoms with Crippen LogP contribution >= 0.6 is 0 Å². The van der Waals surface area contributed by atoms with Gasteiger partial charge in [0, 0.05) is 24.8 Å². The first-order valence-electron chi connectivity index (χ1n) is 8.12. The van der Waals surface area contributed by atoms with Crippen LogP contribution in [0, 0.1) is 17.5 Å². The predicted octanol–water partition coefficient (Wildman–Crippen LogP) is 3.78. The van der Waals surface area contributed by atoms with Crippen LogP contribution in [0.4, 0.5) is 18.9 Å². The number of nitrogens with zero attached hydrogens (tertiary/aromatic N) is 1. The average Bonchev–Trinajstić information content (AvgIpc) is 2.63. The van der Waals surface area contributed by atoms with Gasteiger partial charge in [0.05, 0.1) is 10.5 Å². The van der Waals surface area contributed by atoms with Gasteiger partial charge in [-0.05, 0) is 43.7 Å². The molecular formula is C18H19F3N2O3S. The second-order valence-corrected chi connectivity index (χ2v) is 8.00. The fourth-order valence-electron chi connectivity index (χ4n) is 2.27. The molecule has 1 unspecified atom stereocenters. The highest BCUT2D eigenvalue weighted by molar-refractivity contribution is 7.89. The summed E-state index contributed by atoms with van der Waals surface area (Å²) in [4.78, 5) is 12.0. The van der Waals surface area contributed by atoms with E-state index in [-0.39, 0.29) is 16.6 Å². The van der Waals surface area contributed by atoms with E-state index in [1.807, 2.05) is 6.92 Å². The molecule has 2 rings (SSSR count). The first kappa shape index (κ1) is 20.9. The van der Waals surface area contributed by atoms with Crippen LogP contribution in [-0.4, -0.2) is 31.7 Å². The average molecular weight is 400 g/mol. The van der Waals surface area contributed by atoms with E-state index in [2.05, 4.69) is 5.32 Å². The van der Waals surface area contributed by atoms with Crippen molar-refractivity contribution in [2.75, 3.05) is 12.4 Å². The number of carbonyl (C=O) groups excluding carboxylic acids is 1. The zero-order valence-corrected chi connectivity index (χ0v) is 15.8. The van der Waals surface area contributed by atoms with Crippen LogP contribution in [0.2, 0.25) is 0 Å². The molecule has 1 amide bonds. The molecule has 1 N–H and O–H groups in total. The van der Waals surface area contributed by atoms with Crippen molar-refractivity contribution >= 4 is 21.6 Å². The van der Waals surface area contributed by atoms with Crippen molar-refractivity contribution in [2.45, 2.75) is 31.2 Å². The van der Waals surface area contributed by atoms with E-state index in [1.54, 1.807) is 6.92 Å². The number of carbonyl (C=O) groups is 1. The molecule has 1 atom stereocenters. The van der Waals surface area contributed by atoms with Gasteiger partial charge in [-0.3, -0.25) is 4.79 Å². The van der Waals surface area contributed by atoms with Crippen LogP contribution < -0.4 is 5.32 Å². The predicted molar refractivity (Wildman–Crippen MR) is 95.4 cm³/mol. The summed E-state index contributed by atoms with van der Waals surface area (Å²) >= 11 is 0. The third kappa shape index (κ3) is 4.48. The maximum atomic E-state index is 14.1. The molecule has 0 aliphatic heterocycles. The molecule has 0 heterocycles. The number of sulfonamides is 1. The van der Waals surface area contributed by atoms with Crippen molar-refractivity contribution in [3.05, 3.63) is 59.4 Å². The Balaban J connectivity index is 2.36. The lowest BCUT2D eigenvalue weighted by atomic mass is 10.2. The van der Waals surface area contributed by atoms with E-state index in [0.717, 1.165) is 40.7 Å². The van der Waals surface area contributed by atoms with Gasteiger partial charge < -0.3 is 5.32 Å². The molecule has 2 aromatic carbocycles. The zero-order chi connectivity index (χ0) is 20.4. The van der Waals surface area contributed by atoms with Crippen molar-refractivity contribution in [1.82, 2.24) is 4.31 Å². The summed E-state index contributed by atoms with van der Waals surface area (Å²) < 4.78 is 66.7. The lowest BCUT2D eigenvalue weighted by molar-refractivity contribution is 0.102. The summed E-state index contributed by atoms with van der Waals surface area (Å²) in [7, 11) is -2.53. The fraction of sp³-hybridized carbons (Fsp3) is 0.278. The minimum atomic E-state index is -3.93. The van der Waals surface area contributed by atoms with Crippen LogP contribution in [0.3, 0.4) is 0 Å². The number of hydrogen-bond acceptors (Lipinski definition) is 3. The second kappa shape index (κ2) is 8.10. The van der Waals surface area contributed by atoms with E-state index in [4.69, 9.17) is 0 Å². The van der Waals surface area contributed by atoms with Crippen molar-refractivity contribution < 1.29 is 26.4 Å². The van der Waals surface area contributed by atoms with Gasteiger partial charge in [0.25, 0.3) is 5.91 Å². The Bertz CT molecular complexity index is 964. The molecule has 0 radical (unpaired) electrons. The molecule has 0 aliphatic rings. The minimum Gasteiger partial charge on any atom is -0.322 e. The Hall–Kier alpha value is -2.39.